The molecule has 0 radical (unpaired) electrons. The number of pyridine rings is 1. The van der Waals surface area contributed by atoms with Crippen LogP contribution in [0.2, 0.25) is 0 Å². The monoisotopic (exact) mass is 264 g/mol. The molecule has 7 nitrogen and oxygen atoms in total. The van der Waals surface area contributed by atoms with Gasteiger partial charge in [0.25, 0.3) is 5.91 Å². The van der Waals surface area contributed by atoms with E-state index in [0.717, 1.165) is 11.5 Å². The van der Waals surface area contributed by atoms with Crippen LogP contribution in [0.5, 0.6) is 0 Å². The quantitative estimate of drug-likeness (QED) is 0.862. The Morgan fingerprint density at radius 3 is 2.61 bits per heavy atom. The second kappa shape index (κ2) is 4.88. The lowest BCUT2D eigenvalue weighted by Crippen LogP contribution is -2.15. The van der Waals surface area contributed by atoms with Gasteiger partial charge in [0.1, 0.15) is 17.2 Å². The maximum Gasteiger partial charge on any atom is 0.354 e. The van der Waals surface area contributed by atoms with E-state index >= 15 is 0 Å². The summed E-state index contributed by atoms with van der Waals surface area (Å²) in [4.78, 5) is 30.2. The van der Waals surface area contributed by atoms with E-state index in [1.165, 1.54) is 18.2 Å². The molecule has 2 aromatic heterocycles. The van der Waals surface area contributed by atoms with Crippen LogP contribution in [0.3, 0.4) is 0 Å². The highest BCUT2D eigenvalue weighted by atomic mass is 32.1. The molecule has 0 saturated carbocycles. The Kier molecular flexibility index (Phi) is 3.28. The van der Waals surface area contributed by atoms with E-state index in [1.807, 2.05) is 0 Å². The van der Waals surface area contributed by atoms with Gasteiger partial charge in [-0.25, -0.2) is 14.8 Å². The van der Waals surface area contributed by atoms with E-state index in [1.54, 1.807) is 6.92 Å². The number of hydrogen-bond acceptors (Lipinski definition) is 6. The summed E-state index contributed by atoms with van der Waals surface area (Å²) in [5.74, 6) is -1.15. The second-order valence-corrected chi connectivity index (χ2v) is 4.07. The predicted molar refractivity (Wildman–Crippen MR) is 63.8 cm³/mol. The van der Waals surface area contributed by atoms with Gasteiger partial charge in [0, 0.05) is 11.5 Å². The molecule has 0 aliphatic carbocycles. The van der Waals surface area contributed by atoms with Gasteiger partial charge >= 0.3 is 5.97 Å². The number of carboxylic acids is 1. The lowest BCUT2D eigenvalue weighted by atomic mass is 10.3. The maximum atomic E-state index is 11.8. The fourth-order valence-corrected chi connectivity index (χ4v) is 1.76. The number of hydrogen-bond donors (Lipinski definition) is 2. The van der Waals surface area contributed by atoms with Crippen LogP contribution >= 0.6 is 11.5 Å². The first kappa shape index (κ1) is 12.1. The number of rotatable bonds is 3. The molecule has 0 bridgehead atoms. The third-order valence-electron chi connectivity index (χ3n) is 1.95. The van der Waals surface area contributed by atoms with E-state index in [-0.39, 0.29) is 11.4 Å². The van der Waals surface area contributed by atoms with E-state index in [4.69, 9.17) is 5.11 Å². The zero-order valence-electron chi connectivity index (χ0n) is 9.25. The third-order valence-corrected chi connectivity index (χ3v) is 2.67. The summed E-state index contributed by atoms with van der Waals surface area (Å²) in [6, 6.07) is 4.20. The van der Waals surface area contributed by atoms with Gasteiger partial charge in [-0.05, 0) is 19.1 Å². The first-order valence-corrected chi connectivity index (χ1v) is 5.65. The van der Waals surface area contributed by atoms with E-state index in [2.05, 4.69) is 19.7 Å². The van der Waals surface area contributed by atoms with E-state index < -0.39 is 11.9 Å². The number of aryl methyl sites for hydroxylation is 1. The molecular formula is C10H8N4O3S. The molecule has 2 N–H and O–H groups in total. The van der Waals surface area contributed by atoms with Gasteiger partial charge in [-0.15, -0.1) is 0 Å². The zero-order valence-corrected chi connectivity index (χ0v) is 10.1. The highest BCUT2D eigenvalue weighted by molar-refractivity contribution is 7.09. The number of carboxylic acid groups (broad SMARTS) is 1. The maximum absolute atomic E-state index is 11.8. The van der Waals surface area contributed by atoms with Crippen molar-refractivity contribution >= 4 is 28.5 Å². The Morgan fingerprint density at radius 2 is 2.00 bits per heavy atom. The standard InChI is InChI=1S/C10H8N4O3S/c1-5-11-10(18-14-5)13-8(15)6-3-2-4-7(12-6)9(16)17/h2-4H,1H3,(H,16,17)(H,11,13,14,15). The Morgan fingerprint density at radius 1 is 1.28 bits per heavy atom. The molecule has 0 aliphatic rings. The summed E-state index contributed by atoms with van der Waals surface area (Å²) in [5, 5.41) is 11.6. The number of amides is 1. The van der Waals surface area contributed by atoms with Crippen molar-refractivity contribution in [3.05, 3.63) is 35.4 Å². The van der Waals surface area contributed by atoms with Crippen molar-refractivity contribution in [1.82, 2.24) is 14.3 Å². The number of carbonyl (C=O) groups is 2. The molecule has 0 fully saturated rings. The topological polar surface area (TPSA) is 105 Å². The molecule has 2 rings (SSSR count). The van der Waals surface area contributed by atoms with Gasteiger partial charge < -0.3 is 5.11 Å². The van der Waals surface area contributed by atoms with Gasteiger partial charge in [-0.3, -0.25) is 10.1 Å². The van der Waals surface area contributed by atoms with Crippen molar-refractivity contribution < 1.29 is 14.7 Å². The summed E-state index contributed by atoms with van der Waals surface area (Å²) in [6.07, 6.45) is 0. The van der Waals surface area contributed by atoms with Crippen LogP contribution in [-0.2, 0) is 0 Å². The normalized spacial score (nSPS) is 10.1. The average Bonchev–Trinajstić information content (AvgIpc) is 2.75. The minimum atomic E-state index is -1.18. The summed E-state index contributed by atoms with van der Waals surface area (Å²) in [6.45, 7) is 1.70. The first-order chi connectivity index (χ1) is 8.56. The highest BCUT2D eigenvalue weighted by Gasteiger charge is 2.13. The Bertz CT molecular complexity index is 611. The summed E-state index contributed by atoms with van der Waals surface area (Å²) in [5.41, 5.74) is -0.168. The minimum absolute atomic E-state index is 0.0164. The molecule has 0 spiro atoms. The van der Waals surface area contributed by atoms with Crippen molar-refractivity contribution in [2.75, 3.05) is 5.32 Å². The van der Waals surface area contributed by atoms with Crippen molar-refractivity contribution in [2.45, 2.75) is 6.92 Å². The van der Waals surface area contributed by atoms with E-state index in [0.29, 0.717) is 11.0 Å². The molecule has 0 unspecified atom stereocenters. The van der Waals surface area contributed by atoms with Gasteiger partial charge in [0.2, 0.25) is 5.13 Å². The summed E-state index contributed by atoms with van der Waals surface area (Å²) in [7, 11) is 0. The minimum Gasteiger partial charge on any atom is -0.477 e. The first-order valence-electron chi connectivity index (χ1n) is 4.88. The van der Waals surface area contributed by atoms with Gasteiger partial charge in [-0.2, -0.15) is 4.37 Å². The Labute approximate surface area is 106 Å². The lowest BCUT2D eigenvalue weighted by Gasteiger charge is -2.01. The average molecular weight is 264 g/mol. The fraction of sp³-hybridized carbons (Fsp3) is 0.100. The van der Waals surface area contributed by atoms with E-state index in [9.17, 15) is 9.59 Å². The molecule has 2 heterocycles. The van der Waals surface area contributed by atoms with Crippen LogP contribution in [0.15, 0.2) is 18.2 Å². The zero-order chi connectivity index (χ0) is 13.1. The number of aromatic carboxylic acids is 1. The smallest absolute Gasteiger partial charge is 0.354 e. The molecular weight excluding hydrogens is 256 g/mol. The van der Waals surface area contributed by atoms with Crippen LogP contribution in [0.1, 0.15) is 26.8 Å². The third kappa shape index (κ3) is 2.66. The van der Waals surface area contributed by atoms with Gasteiger partial charge in [-0.1, -0.05) is 6.07 Å². The molecule has 0 aromatic carbocycles. The molecule has 92 valence electrons. The Hall–Kier alpha value is -2.35. The SMILES string of the molecule is Cc1nsc(NC(=O)c2cccc(C(=O)O)n2)n1. The van der Waals surface area contributed by atoms with Crippen LogP contribution in [0.25, 0.3) is 0 Å². The largest absolute Gasteiger partial charge is 0.477 e. The number of nitrogens with zero attached hydrogens (tertiary/aromatic N) is 3. The summed E-state index contributed by atoms with van der Waals surface area (Å²) >= 11 is 1.05. The number of aromatic nitrogens is 3. The number of anilines is 1. The van der Waals surface area contributed by atoms with Gasteiger partial charge in [0.05, 0.1) is 0 Å². The predicted octanol–water partition coefficient (Wildman–Crippen LogP) is 1.19. The van der Waals surface area contributed by atoms with Crippen LogP contribution in [0.4, 0.5) is 5.13 Å². The van der Waals surface area contributed by atoms with Crippen molar-refractivity contribution in [2.24, 2.45) is 0 Å². The number of nitrogens with one attached hydrogen (secondary N) is 1. The van der Waals surface area contributed by atoms with Crippen LogP contribution in [0, 0.1) is 6.92 Å². The summed E-state index contributed by atoms with van der Waals surface area (Å²) < 4.78 is 3.91. The van der Waals surface area contributed by atoms with Crippen molar-refractivity contribution in [3.63, 3.8) is 0 Å². The van der Waals surface area contributed by atoms with Crippen molar-refractivity contribution in [1.29, 1.82) is 0 Å². The molecule has 0 atom stereocenters. The molecule has 18 heavy (non-hydrogen) atoms. The van der Waals surface area contributed by atoms with Gasteiger partial charge in [0.15, 0.2) is 0 Å². The molecule has 1 amide bonds. The van der Waals surface area contributed by atoms with Crippen LogP contribution < -0.4 is 5.32 Å². The molecule has 0 saturated heterocycles. The molecule has 8 heteroatoms. The lowest BCUT2D eigenvalue weighted by molar-refractivity contribution is 0.0690. The molecule has 2 aromatic rings. The van der Waals surface area contributed by atoms with Crippen LogP contribution in [-0.4, -0.2) is 31.3 Å². The van der Waals surface area contributed by atoms with Crippen molar-refractivity contribution in [3.8, 4) is 0 Å². The number of carbonyl (C=O) groups excluding carboxylic acids is 1. The highest BCUT2D eigenvalue weighted by Crippen LogP contribution is 2.11. The molecule has 0 aliphatic heterocycles. The second-order valence-electron chi connectivity index (χ2n) is 3.31. The fourth-order valence-electron chi connectivity index (χ4n) is 1.19. The Balaban J connectivity index is 2.18.